The molecule has 6 heteroatoms. The van der Waals surface area contributed by atoms with Gasteiger partial charge in [-0.2, -0.15) is 0 Å². The molecule has 26 heavy (non-hydrogen) atoms. The zero-order chi connectivity index (χ0) is 18.9. The Balaban J connectivity index is 1.78. The summed E-state index contributed by atoms with van der Waals surface area (Å²) in [5, 5.41) is 7.04. The van der Waals surface area contributed by atoms with Gasteiger partial charge in [0.1, 0.15) is 0 Å². The van der Waals surface area contributed by atoms with E-state index in [2.05, 4.69) is 22.5 Å². The Morgan fingerprint density at radius 2 is 2.19 bits per heavy atom. The van der Waals surface area contributed by atoms with Crippen molar-refractivity contribution >= 4 is 29.0 Å². The number of piperidine rings is 1. The lowest BCUT2D eigenvalue weighted by Gasteiger charge is -2.35. The van der Waals surface area contributed by atoms with Crippen LogP contribution in [-0.4, -0.2) is 48.8 Å². The minimum Gasteiger partial charge on any atom is -0.465 e. The van der Waals surface area contributed by atoms with Crippen LogP contribution in [0.25, 0.3) is 0 Å². The second-order valence-electron chi connectivity index (χ2n) is 6.80. The van der Waals surface area contributed by atoms with Crippen LogP contribution in [0.1, 0.15) is 54.9 Å². The molecule has 1 aromatic rings. The average Bonchev–Trinajstić information content (AvgIpc) is 2.66. The summed E-state index contributed by atoms with van der Waals surface area (Å²) in [5.41, 5.74) is 2.21. The number of benzene rings is 1. The lowest BCUT2D eigenvalue weighted by Crippen LogP contribution is -2.41. The molecule has 0 spiro atoms. The molecule has 0 aliphatic carbocycles. The highest BCUT2D eigenvalue weighted by Gasteiger charge is 2.19. The summed E-state index contributed by atoms with van der Waals surface area (Å²) in [6, 6.07) is 6.24. The number of esters is 1. The van der Waals surface area contributed by atoms with Crippen molar-refractivity contribution in [2.24, 2.45) is 0 Å². The van der Waals surface area contributed by atoms with Crippen LogP contribution in [0.5, 0.6) is 0 Å². The molecule has 1 saturated heterocycles. The van der Waals surface area contributed by atoms with E-state index in [9.17, 15) is 4.79 Å². The third-order valence-electron chi connectivity index (χ3n) is 5.12. The van der Waals surface area contributed by atoms with Gasteiger partial charge in [-0.15, -0.1) is 0 Å². The van der Waals surface area contributed by atoms with Gasteiger partial charge in [0.2, 0.25) is 0 Å². The third-order valence-corrected chi connectivity index (χ3v) is 5.36. The van der Waals surface area contributed by atoms with Crippen LogP contribution in [0.3, 0.4) is 0 Å². The lowest BCUT2D eigenvalue weighted by molar-refractivity contribution is 0.0600. The fraction of sp³-hybridized carbons (Fsp3) is 0.600. The summed E-state index contributed by atoms with van der Waals surface area (Å²) in [6.45, 7) is 7.35. The largest absolute Gasteiger partial charge is 0.465 e. The number of anilines is 1. The molecule has 0 radical (unpaired) electrons. The minimum atomic E-state index is -0.336. The van der Waals surface area contributed by atoms with Crippen LogP contribution in [0.2, 0.25) is 0 Å². The molecule has 1 aromatic carbocycles. The van der Waals surface area contributed by atoms with Gasteiger partial charge in [-0.05, 0) is 69.1 Å². The molecule has 5 nitrogen and oxygen atoms in total. The van der Waals surface area contributed by atoms with Crippen LogP contribution in [0.4, 0.5) is 5.69 Å². The molecule has 1 aliphatic heterocycles. The van der Waals surface area contributed by atoms with Crippen LogP contribution < -0.4 is 10.6 Å². The molecule has 0 amide bonds. The number of thiocarbonyl (C=S) groups is 1. The van der Waals surface area contributed by atoms with Crippen molar-refractivity contribution in [3.63, 3.8) is 0 Å². The second kappa shape index (κ2) is 10.5. The highest BCUT2D eigenvalue weighted by molar-refractivity contribution is 7.80. The van der Waals surface area contributed by atoms with Crippen LogP contribution >= 0.6 is 12.2 Å². The van der Waals surface area contributed by atoms with Gasteiger partial charge >= 0.3 is 5.97 Å². The van der Waals surface area contributed by atoms with Crippen molar-refractivity contribution in [1.29, 1.82) is 0 Å². The number of carbonyl (C=O) groups is 1. The number of hydrogen-bond acceptors (Lipinski definition) is 4. The molecule has 144 valence electrons. The van der Waals surface area contributed by atoms with Crippen LogP contribution in [0, 0.1) is 6.92 Å². The molecule has 0 unspecified atom stereocenters. The fourth-order valence-electron chi connectivity index (χ4n) is 3.57. The van der Waals surface area contributed by atoms with Crippen molar-refractivity contribution in [3.05, 3.63) is 29.3 Å². The molecular weight excluding hydrogens is 346 g/mol. The Hall–Kier alpha value is -1.66. The van der Waals surface area contributed by atoms with Gasteiger partial charge in [-0.3, -0.25) is 0 Å². The number of rotatable bonds is 7. The smallest absolute Gasteiger partial charge is 0.338 e. The number of nitrogens with one attached hydrogen (secondary N) is 2. The molecule has 0 aromatic heterocycles. The summed E-state index contributed by atoms with van der Waals surface area (Å²) >= 11 is 5.40. The number of nitrogens with zero attached hydrogens (tertiary/aromatic N) is 1. The molecule has 2 N–H and O–H groups in total. The first-order chi connectivity index (χ1) is 12.6. The molecule has 0 bridgehead atoms. The highest BCUT2D eigenvalue weighted by atomic mass is 32.1. The van der Waals surface area contributed by atoms with E-state index in [4.69, 9.17) is 17.0 Å². The van der Waals surface area contributed by atoms with E-state index in [0.717, 1.165) is 36.8 Å². The zero-order valence-corrected chi connectivity index (χ0v) is 17.0. The van der Waals surface area contributed by atoms with Gasteiger partial charge in [0.15, 0.2) is 5.11 Å². The SMILES string of the molecule is CC[C@@H]1CCCCN1CCCNC(=S)Nc1cccc(C(=O)OC)c1C. The Morgan fingerprint density at radius 1 is 1.38 bits per heavy atom. The number of ether oxygens (including phenoxy) is 1. The number of methoxy groups -OCH3 is 1. The maximum absolute atomic E-state index is 11.8. The van der Waals surface area contributed by atoms with Crippen molar-refractivity contribution in [1.82, 2.24) is 10.2 Å². The van der Waals surface area contributed by atoms with Gasteiger partial charge in [-0.25, -0.2) is 4.79 Å². The lowest BCUT2D eigenvalue weighted by atomic mass is 10.00. The first-order valence-electron chi connectivity index (χ1n) is 9.53. The molecule has 1 atom stereocenters. The predicted molar refractivity (Wildman–Crippen MR) is 111 cm³/mol. The van der Waals surface area contributed by atoms with E-state index in [1.807, 2.05) is 19.1 Å². The Bertz CT molecular complexity index is 621. The van der Waals surface area contributed by atoms with E-state index in [1.54, 1.807) is 6.07 Å². The standard InChI is InChI=1S/C20H31N3O2S/c1-4-16-9-5-6-13-23(16)14-8-12-21-20(26)22-18-11-7-10-17(15(18)2)19(24)25-3/h7,10-11,16H,4-6,8-9,12-14H2,1-3H3,(H2,21,22,26)/t16-/m1/s1. The normalized spacial score (nSPS) is 17.6. The van der Waals surface area contributed by atoms with Gasteiger partial charge in [-0.1, -0.05) is 19.4 Å². The van der Waals surface area contributed by atoms with E-state index < -0.39 is 0 Å². The number of likely N-dealkylation sites (tertiary alicyclic amines) is 1. The van der Waals surface area contributed by atoms with Crippen molar-refractivity contribution in [3.8, 4) is 0 Å². The van der Waals surface area contributed by atoms with Crippen molar-refractivity contribution < 1.29 is 9.53 Å². The number of hydrogen-bond donors (Lipinski definition) is 2. The monoisotopic (exact) mass is 377 g/mol. The molecule has 1 heterocycles. The van der Waals surface area contributed by atoms with Gasteiger partial charge in [0, 0.05) is 24.8 Å². The van der Waals surface area contributed by atoms with Crippen LogP contribution in [0.15, 0.2) is 18.2 Å². The van der Waals surface area contributed by atoms with E-state index in [-0.39, 0.29) is 5.97 Å². The quantitative estimate of drug-likeness (QED) is 0.429. The summed E-state index contributed by atoms with van der Waals surface area (Å²) in [4.78, 5) is 14.4. The Kier molecular flexibility index (Phi) is 8.32. The summed E-state index contributed by atoms with van der Waals surface area (Å²) < 4.78 is 4.81. The topological polar surface area (TPSA) is 53.6 Å². The first-order valence-corrected chi connectivity index (χ1v) is 9.94. The summed E-state index contributed by atoms with van der Waals surface area (Å²) in [7, 11) is 1.39. The Labute approximate surface area is 162 Å². The molecule has 2 rings (SSSR count). The third kappa shape index (κ3) is 5.68. The molecule has 0 saturated carbocycles. The number of carbonyl (C=O) groups excluding carboxylic acids is 1. The summed E-state index contributed by atoms with van der Waals surface area (Å²) in [5.74, 6) is -0.336. The predicted octanol–water partition coefficient (Wildman–Crippen LogP) is 3.72. The van der Waals surface area contributed by atoms with Crippen molar-refractivity contribution in [2.45, 2.75) is 52.0 Å². The maximum atomic E-state index is 11.8. The van der Waals surface area contributed by atoms with E-state index in [0.29, 0.717) is 10.7 Å². The first kappa shape index (κ1) is 20.6. The summed E-state index contributed by atoms with van der Waals surface area (Å²) in [6.07, 6.45) is 6.33. The van der Waals surface area contributed by atoms with Crippen molar-refractivity contribution in [2.75, 3.05) is 32.1 Å². The highest BCUT2D eigenvalue weighted by Crippen LogP contribution is 2.20. The van der Waals surface area contributed by atoms with Gasteiger partial charge in [0.25, 0.3) is 0 Å². The van der Waals surface area contributed by atoms with E-state index in [1.165, 1.54) is 39.3 Å². The zero-order valence-electron chi connectivity index (χ0n) is 16.1. The Morgan fingerprint density at radius 3 is 2.92 bits per heavy atom. The average molecular weight is 378 g/mol. The van der Waals surface area contributed by atoms with E-state index >= 15 is 0 Å². The molecule has 1 aliphatic rings. The second-order valence-corrected chi connectivity index (χ2v) is 7.21. The minimum absolute atomic E-state index is 0.336. The van der Waals surface area contributed by atoms with Gasteiger partial charge in [0.05, 0.1) is 12.7 Å². The molecule has 1 fully saturated rings. The maximum Gasteiger partial charge on any atom is 0.338 e. The van der Waals surface area contributed by atoms with Crippen LogP contribution in [-0.2, 0) is 4.74 Å². The fourth-order valence-corrected chi connectivity index (χ4v) is 3.78. The van der Waals surface area contributed by atoms with Gasteiger partial charge < -0.3 is 20.3 Å². The molecular formula is C20H31N3O2S.